The van der Waals surface area contributed by atoms with Crippen LogP contribution in [0.3, 0.4) is 0 Å². The van der Waals surface area contributed by atoms with Crippen LogP contribution in [0.5, 0.6) is 0 Å². The average molecular weight is 266 g/mol. The van der Waals surface area contributed by atoms with Crippen LogP contribution in [0.4, 0.5) is 13.2 Å². The number of benzene rings is 1. The van der Waals surface area contributed by atoms with Gasteiger partial charge in [-0.25, -0.2) is 0 Å². The molecule has 0 aliphatic carbocycles. The topological polar surface area (TPSA) is 12.0 Å². The Morgan fingerprint density at radius 2 is 2.00 bits per heavy atom. The average Bonchev–Trinajstić information content (AvgIpc) is 2.66. The third kappa shape index (κ3) is 2.93. The van der Waals surface area contributed by atoms with Gasteiger partial charge in [0.2, 0.25) is 0 Å². The molecule has 1 nitrogen and oxygen atoms in total. The van der Waals surface area contributed by atoms with E-state index in [0.29, 0.717) is 0 Å². The van der Waals surface area contributed by atoms with Crippen molar-refractivity contribution in [3.8, 4) is 0 Å². The lowest BCUT2D eigenvalue weighted by molar-refractivity contribution is -0.137. The molecule has 1 aromatic carbocycles. The van der Waals surface area contributed by atoms with E-state index in [1.54, 1.807) is 6.07 Å². The second-order valence-corrected chi connectivity index (χ2v) is 4.57. The van der Waals surface area contributed by atoms with Crippen LogP contribution in [0.1, 0.15) is 24.5 Å². The maximum Gasteiger partial charge on any atom is 0.416 e. The predicted octanol–water partition coefficient (Wildman–Crippen LogP) is 3.38. The molecule has 0 saturated carbocycles. The summed E-state index contributed by atoms with van der Waals surface area (Å²) in [4.78, 5) is 0. The molecule has 1 unspecified atom stereocenters. The van der Waals surface area contributed by atoms with Crippen LogP contribution in [-0.4, -0.2) is 13.1 Å². The molecular weight excluding hydrogens is 251 g/mol. The molecule has 1 N–H and O–H groups in total. The summed E-state index contributed by atoms with van der Waals surface area (Å²) in [6.07, 6.45) is -3.37. The van der Waals surface area contributed by atoms with Gasteiger partial charge in [0.15, 0.2) is 0 Å². The smallest absolute Gasteiger partial charge is 0.316 e. The number of nitrogens with one attached hydrogen (secondary N) is 1. The quantitative estimate of drug-likeness (QED) is 0.821. The highest BCUT2D eigenvalue weighted by atomic mass is 35.5. The van der Waals surface area contributed by atoms with Crippen LogP contribution in [0.25, 0.3) is 0 Å². The van der Waals surface area contributed by atoms with Crippen LogP contribution >= 0.6 is 12.4 Å². The summed E-state index contributed by atoms with van der Waals surface area (Å²) in [7, 11) is 0. The fraction of sp³-hybridized carbons (Fsp3) is 0.500. The fourth-order valence-corrected chi connectivity index (χ4v) is 2.13. The monoisotopic (exact) mass is 265 g/mol. The first-order valence-electron chi connectivity index (χ1n) is 5.30. The Bertz CT molecular complexity index is 384. The zero-order chi connectivity index (χ0) is 11.8. The minimum atomic E-state index is -4.25. The van der Waals surface area contributed by atoms with Gasteiger partial charge in [0.1, 0.15) is 0 Å². The molecular formula is C12H15ClF3N. The molecule has 0 radical (unpaired) electrons. The number of hydrogen-bond acceptors (Lipinski definition) is 1. The van der Waals surface area contributed by atoms with E-state index in [2.05, 4.69) is 5.32 Å². The van der Waals surface area contributed by atoms with E-state index in [9.17, 15) is 13.2 Å². The van der Waals surface area contributed by atoms with E-state index in [4.69, 9.17) is 0 Å². The molecule has 1 heterocycles. The summed E-state index contributed by atoms with van der Waals surface area (Å²) in [6, 6.07) is 5.66. The number of alkyl halides is 3. The van der Waals surface area contributed by atoms with Crippen molar-refractivity contribution in [2.75, 3.05) is 13.1 Å². The van der Waals surface area contributed by atoms with Gasteiger partial charge in [-0.1, -0.05) is 25.1 Å². The molecule has 1 aliphatic heterocycles. The van der Waals surface area contributed by atoms with Crippen LogP contribution in [0.15, 0.2) is 24.3 Å². The first-order chi connectivity index (χ1) is 7.42. The van der Waals surface area contributed by atoms with Gasteiger partial charge in [-0.05, 0) is 24.6 Å². The lowest BCUT2D eigenvalue weighted by Crippen LogP contribution is -2.25. The number of halogens is 4. The zero-order valence-electron chi connectivity index (χ0n) is 9.47. The van der Waals surface area contributed by atoms with Gasteiger partial charge in [-0.2, -0.15) is 13.2 Å². The Hall–Kier alpha value is -0.740. The van der Waals surface area contributed by atoms with Crippen LogP contribution in [-0.2, 0) is 11.6 Å². The molecule has 1 atom stereocenters. The van der Waals surface area contributed by atoms with Gasteiger partial charge in [0, 0.05) is 12.0 Å². The molecule has 5 heteroatoms. The highest BCUT2D eigenvalue weighted by Gasteiger charge is 2.34. The van der Waals surface area contributed by atoms with Crippen molar-refractivity contribution in [3.05, 3.63) is 35.4 Å². The summed E-state index contributed by atoms with van der Waals surface area (Å²) >= 11 is 0. The molecule has 1 aliphatic rings. The zero-order valence-corrected chi connectivity index (χ0v) is 10.3. The van der Waals surface area contributed by atoms with Crippen LogP contribution in [0.2, 0.25) is 0 Å². The highest BCUT2D eigenvalue weighted by molar-refractivity contribution is 5.85. The Balaban J connectivity index is 0.00000144. The van der Waals surface area contributed by atoms with E-state index >= 15 is 0 Å². The Labute approximate surface area is 105 Å². The molecule has 0 amide bonds. The minimum absolute atomic E-state index is 0. The molecule has 2 rings (SSSR count). The normalized spacial score (nSPS) is 24.5. The van der Waals surface area contributed by atoms with Crippen LogP contribution in [0, 0.1) is 0 Å². The summed E-state index contributed by atoms with van der Waals surface area (Å²) in [5.41, 5.74) is 0.0480. The maximum absolute atomic E-state index is 12.6. The van der Waals surface area contributed by atoms with Crippen LogP contribution < -0.4 is 5.32 Å². The van der Waals surface area contributed by atoms with Crippen molar-refractivity contribution in [3.63, 3.8) is 0 Å². The Morgan fingerprint density at radius 1 is 1.29 bits per heavy atom. The third-order valence-corrected chi connectivity index (χ3v) is 3.26. The van der Waals surface area contributed by atoms with Crippen molar-refractivity contribution in [1.29, 1.82) is 0 Å². The van der Waals surface area contributed by atoms with Gasteiger partial charge < -0.3 is 5.32 Å². The van der Waals surface area contributed by atoms with Gasteiger partial charge in [-0.3, -0.25) is 0 Å². The molecule has 96 valence electrons. The van der Waals surface area contributed by atoms with E-state index < -0.39 is 11.7 Å². The molecule has 1 fully saturated rings. The summed E-state index contributed by atoms with van der Waals surface area (Å²) in [5.74, 6) is 0. The van der Waals surface area contributed by atoms with E-state index in [-0.39, 0.29) is 17.8 Å². The van der Waals surface area contributed by atoms with Crippen molar-refractivity contribution in [1.82, 2.24) is 5.32 Å². The Kier molecular flexibility index (Phi) is 4.10. The first-order valence-corrected chi connectivity index (χ1v) is 5.30. The fourth-order valence-electron chi connectivity index (χ4n) is 2.13. The van der Waals surface area contributed by atoms with Gasteiger partial charge in [0.05, 0.1) is 5.56 Å². The second-order valence-electron chi connectivity index (χ2n) is 4.57. The lowest BCUT2D eigenvalue weighted by atomic mass is 9.81. The van der Waals surface area contributed by atoms with Gasteiger partial charge in [0.25, 0.3) is 0 Å². The lowest BCUT2D eigenvalue weighted by Gasteiger charge is -2.24. The summed E-state index contributed by atoms with van der Waals surface area (Å²) in [5, 5.41) is 3.19. The molecule has 0 spiro atoms. The van der Waals surface area contributed by atoms with E-state index in [1.807, 2.05) is 6.92 Å². The van der Waals surface area contributed by atoms with E-state index in [1.165, 1.54) is 12.1 Å². The third-order valence-electron chi connectivity index (χ3n) is 3.26. The Morgan fingerprint density at radius 3 is 2.53 bits per heavy atom. The summed E-state index contributed by atoms with van der Waals surface area (Å²) in [6.45, 7) is 3.61. The SMILES string of the molecule is CC1(c2cccc(C(F)(F)F)c2)CCNC1.Cl. The largest absolute Gasteiger partial charge is 0.416 e. The minimum Gasteiger partial charge on any atom is -0.316 e. The second kappa shape index (κ2) is 4.86. The van der Waals surface area contributed by atoms with Crippen molar-refractivity contribution >= 4 is 12.4 Å². The molecule has 17 heavy (non-hydrogen) atoms. The number of rotatable bonds is 1. The number of hydrogen-bond donors (Lipinski definition) is 1. The molecule has 1 saturated heterocycles. The molecule has 1 aromatic rings. The highest BCUT2D eigenvalue weighted by Crippen LogP contribution is 2.35. The van der Waals surface area contributed by atoms with Crippen molar-refractivity contribution in [2.24, 2.45) is 0 Å². The molecule has 0 aromatic heterocycles. The van der Waals surface area contributed by atoms with E-state index in [0.717, 1.165) is 31.1 Å². The van der Waals surface area contributed by atoms with Crippen molar-refractivity contribution in [2.45, 2.75) is 24.9 Å². The maximum atomic E-state index is 12.6. The standard InChI is InChI=1S/C12H14F3N.ClH/c1-11(5-6-16-8-11)9-3-2-4-10(7-9)12(13,14)15;/h2-4,7,16H,5-6,8H2,1H3;1H. The van der Waals surface area contributed by atoms with Crippen molar-refractivity contribution < 1.29 is 13.2 Å². The van der Waals surface area contributed by atoms with Gasteiger partial charge >= 0.3 is 6.18 Å². The predicted molar refractivity (Wildman–Crippen MR) is 63.5 cm³/mol. The molecule has 0 bridgehead atoms. The summed E-state index contributed by atoms with van der Waals surface area (Å²) < 4.78 is 37.7. The van der Waals surface area contributed by atoms with Gasteiger partial charge in [-0.15, -0.1) is 12.4 Å². The first kappa shape index (κ1) is 14.3.